The second-order valence-corrected chi connectivity index (χ2v) is 8.11. The van der Waals surface area contributed by atoms with Crippen molar-refractivity contribution in [1.82, 2.24) is 20.2 Å². The second-order valence-electron chi connectivity index (χ2n) is 7.17. The number of tetrazole rings is 1. The molecule has 7 nitrogen and oxygen atoms in total. The first kappa shape index (κ1) is 19.4. The average Bonchev–Trinajstić information content (AvgIpc) is 3.41. The van der Waals surface area contributed by atoms with E-state index in [2.05, 4.69) is 50.9 Å². The molecule has 2 aromatic carbocycles. The third-order valence-corrected chi connectivity index (χ3v) is 6.12. The van der Waals surface area contributed by atoms with Gasteiger partial charge in [-0.05, 0) is 78.6 Å². The maximum atomic E-state index is 12.4. The molecule has 29 heavy (non-hydrogen) atoms. The predicted molar refractivity (Wildman–Crippen MR) is 116 cm³/mol. The first-order chi connectivity index (χ1) is 14.1. The van der Waals surface area contributed by atoms with Crippen LogP contribution in [0.2, 0.25) is 0 Å². The van der Waals surface area contributed by atoms with Gasteiger partial charge in [-0.1, -0.05) is 23.9 Å². The summed E-state index contributed by atoms with van der Waals surface area (Å²) in [5.41, 5.74) is 5.22. The Labute approximate surface area is 174 Å². The molecule has 0 atom stereocenters. The summed E-state index contributed by atoms with van der Waals surface area (Å²) in [4.78, 5) is 14.8. The van der Waals surface area contributed by atoms with Gasteiger partial charge in [0, 0.05) is 24.5 Å². The zero-order valence-corrected chi connectivity index (χ0v) is 17.4. The summed E-state index contributed by atoms with van der Waals surface area (Å²) in [6.45, 7) is 6.31. The Kier molecular flexibility index (Phi) is 5.80. The highest BCUT2D eigenvalue weighted by Crippen LogP contribution is 2.24. The lowest BCUT2D eigenvalue weighted by Crippen LogP contribution is -2.18. The Hall–Kier alpha value is -2.87. The molecule has 8 heteroatoms. The van der Waals surface area contributed by atoms with Crippen molar-refractivity contribution >= 4 is 29.0 Å². The Morgan fingerprint density at radius 2 is 1.86 bits per heavy atom. The van der Waals surface area contributed by atoms with E-state index in [0.29, 0.717) is 5.16 Å². The fourth-order valence-electron chi connectivity index (χ4n) is 3.44. The molecular formula is C21H24N6OS. The maximum absolute atomic E-state index is 12.4. The third kappa shape index (κ3) is 4.42. The molecule has 0 saturated carbocycles. The zero-order chi connectivity index (χ0) is 20.2. The quantitative estimate of drug-likeness (QED) is 0.628. The van der Waals surface area contributed by atoms with Gasteiger partial charge in [-0.3, -0.25) is 4.79 Å². The first-order valence-corrected chi connectivity index (χ1v) is 10.7. The summed E-state index contributed by atoms with van der Waals surface area (Å²) >= 11 is 1.32. The van der Waals surface area contributed by atoms with Crippen molar-refractivity contribution in [3.05, 3.63) is 53.6 Å². The fraction of sp³-hybridized carbons (Fsp3) is 0.333. The number of carbonyl (C=O) groups is 1. The summed E-state index contributed by atoms with van der Waals surface area (Å²) in [5.74, 6) is 0.151. The lowest BCUT2D eigenvalue weighted by atomic mass is 10.1. The molecule has 1 amide bonds. The van der Waals surface area contributed by atoms with Crippen molar-refractivity contribution < 1.29 is 4.79 Å². The van der Waals surface area contributed by atoms with E-state index in [0.717, 1.165) is 30.0 Å². The van der Waals surface area contributed by atoms with E-state index in [4.69, 9.17) is 0 Å². The highest BCUT2D eigenvalue weighted by Gasteiger charge is 2.15. The molecule has 4 rings (SSSR count). The minimum atomic E-state index is -0.0839. The van der Waals surface area contributed by atoms with Crippen LogP contribution < -0.4 is 10.2 Å². The first-order valence-electron chi connectivity index (χ1n) is 9.74. The lowest BCUT2D eigenvalue weighted by Gasteiger charge is -2.17. The molecule has 3 aromatic rings. The summed E-state index contributed by atoms with van der Waals surface area (Å²) < 4.78 is 1.69. The van der Waals surface area contributed by atoms with Gasteiger partial charge in [-0.15, -0.1) is 5.10 Å². The number of amides is 1. The van der Waals surface area contributed by atoms with Crippen LogP contribution in [0.3, 0.4) is 0 Å². The monoisotopic (exact) mass is 408 g/mol. The van der Waals surface area contributed by atoms with E-state index in [1.807, 2.05) is 31.2 Å². The number of benzene rings is 2. The number of hydrogen-bond acceptors (Lipinski definition) is 6. The summed E-state index contributed by atoms with van der Waals surface area (Å²) in [6.07, 6.45) is 2.49. The Balaban J connectivity index is 1.37. The van der Waals surface area contributed by atoms with Crippen LogP contribution in [-0.4, -0.2) is 45.0 Å². The van der Waals surface area contributed by atoms with Crippen LogP contribution in [0.4, 0.5) is 11.4 Å². The maximum Gasteiger partial charge on any atom is 0.234 e. The molecule has 1 saturated heterocycles. The van der Waals surface area contributed by atoms with Gasteiger partial charge in [0.1, 0.15) is 0 Å². The molecule has 150 valence electrons. The van der Waals surface area contributed by atoms with Crippen molar-refractivity contribution in [3.63, 3.8) is 0 Å². The van der Waals surface area contributed by atoms with Crippen LogP contribution in [0.5, 0.6) is 0 Å². The van der Waals surface area contributed by atoms with Crippen LogP contribution in [0, 0.1) is 13.8 Å². The SMILES string of the molecule is Cc1cccc(-n2nnnc2SCC(=O)Nc2ccc(N3CCCC3)cc2)c1C. The van der Waals surface area contributed by atoms with Crippen molar-refractivity contribution in [2.75, 3.05) is 29.1 Å². The number of carbonyl (C=O) groups excluding carboxylic acids is 1. The number of rotatable bonds is 6. The smallest absolute Gasteiger partial charge is 0.234 e. The minimum Gasteiger partial charge on any atom is -0.372 e. The van der Waals surface area contributed by atoms with Crippen molar-refractivity contribution in [2.45, 2.75) is 31.8 Å². The van der Waals surface area contributed by atoms with Crippen molar-refractivity contribution in [3.8, 4) is 5.69 Å². The van der Waals surface area contributed by atoms with Gasteiger partial charge >= 0.3 is 0 Å². The van der Waals surface area contributed by atoms with E-state index in [1.54, 1.807) is 4.68 Å². The van der Waals surface area contributed by atoms with E-state index >= 15 is 0 Å². The number of aryl methyl sites for hydroxylation is 1. The number of hydrogen-bond donors (Lipinski definition) is 1. The average molecular weight is 409 g/mol. The standard InChI is InChI=1S/C21H24N6OS/c1-15-6-5-7-19(16(15)2)27-21(23-24-25-27)29-14-20(28)22-17-8-10-18(11-9-17)26-12-3-4-13-26/h5-11H,3-4,12-14H2,1-2H3,(H,22,28). The molecule has 1 aliphatic rings. The van der Waals surface area contributed by atoms with Gasteiger partial charge in [0.25, 0.3) is 0 Å². The van der Waals surface area contributed by atoms with Crippen LogP contribution in [0.25, 0.3) is 5.69 Å². The fourth-order valence-corrected chi connectivity index (χ4v) is 4.13. The van der Waals surface area contributed by atoms with Crippen LogP contribution in [0.1, 0.15) is 24.0 Å². The van der Waals surface area contributed by atoms with E-state index in [1.165, 1.54) is 35.9 Å². The van der Waals surface area contributed by atoms with Gasteiger partial charge in [-0.2, -0.15) is 4.68 Å². The van der Waals surface area contributed by atoms with Crippen LogP contribution in [0.15, 0.2) is 47.6 Å². The number of thioether (sulfide) groups is 1. The Morgan fingerprint density at radius 3 is 2.62 bits per heavy atom. The van der Waals surface area contributed by atoms with Crippen LogP contribution >= 0.6 is 11.8 Å². The number of nitrogens with one attached hydrogen (secondary N) is 1. The minimum absolute atomic E-state index is 0.0839. The molecule has 1 aliphatic heterocycles. The Bertz CT molecular complexity index is 995. The molecule has 1 fully saturated rings. The van der Waals surface area contributed by atoms with Gasteiger partial charge in [-0.25, -0.2) is 0 Å². The highest BCUT2D eigenvalue weighted by molar-refractivity contribution is 7.99. The largest absolute Gasteiger partial charge is 0.372 e. The number of anilines is 2. The second kappa shape index (κ2) is 8.65. The molecule has 1 N–H and O–H groups in total. The summed E-state index contributed by atoms with van der Waals surface area (Å²) in [7, 11) is 0. The molecule has 0 aliphatic carbocycles. The predicted octanol–water partition coefficient (Wildman–Crippen LogP) is 3.61. The molecule has 0 bridgehead atoms. The van der Waals surface area contributed by atoms with Crippen molar-refractivity contribution in [2.24, 2.45) is 0 Å². The van der Waals surface area contributed by atoms with Gasteiger partial charge in [0.2, 0.25) is 11.1 Å². The molecule has 2 heterocycles. The van der Waals surface area contributed by atoms with Crippen molar-refractivity contribution in [1.29, 1.82) is 0 Å². The molecular weight excluding hydrogens is 384 g/mol. The third-order valence-electron chi connectivity index (χ3n) is 5.20. The highest BCUT2D eigenvalue weighted by atomic mass is 32.2. The van der Waals surface area contributed by atoms with Gasteiger partial charge < -0.3 is 10.2 Å². The lowest BCUT2D eigenvalue weighted by molar-refractivity contribution is -0.113. The molecule has 0 unspecified atom stereocenters. The molecule has 0 radical (unpaired) electrons. The molecule has 1 aromatic heterocycles. The van der Waals surface area contributed by atoms with Gasteiger partial charge in [0.15, 0.2) is 0 Å². The van der Waals surface area contributed by atoms with E-state index in [-0.39, 0.29) is 11.7 Å². The van der Waals surface area contributed by atoms with E-state index in [9.17, 15) is 4.79 Å². The summed E-state index contributed by atoms with van der Waals surface area (Å²) in [5, 5.41) is 15.5. The number of nitrogens with zero attached hydrogens (tertiary/aromatic N) is 5. The summed E-state index contributed by atoms with van der Waals surface area (Å²) in [6, 6.07) is 14.0. The Morgan fingerprint density at radius 1 is 1.10 bits per heavy atom. The molecule has 0 spiro atoms. The van der Waals surface area contributed by atoms with E-state index < -0.39 is 0 Å². The zero-order valence-electron chi connectivity index (χ0n) is 16.6. The number of aromatic nitrogens is 4. The topological polar surface area (TPSA) is 75.9 Å². The van der Waals surface area contributed by atoms with Gasteiger partial charge in [0.05, 0.1) is 11.4 Å². The normalized spacial score (nSPS) is 13.7. The van der Waals surface area contributed by atoms with Crippen LogP contribution in [-0.2, 0) is 4.79 Å².